The van der Waals surface area contributed by atoms with Crippen molar-refractivity contribution in [2.75, 3.05) is 6.61 Å². The van der Waals surface area contributed by atoms with E-state index in [2.05, 4.69) is 6.07 Å². The number of hydrogen-bond acceptors (Lipinski definition) is 2. The molecule has 0 amide bonds. The molecule has 0 spiro atoms. The molecule has 0 saturated carbocycles. The highest BCUT2D eigenvalue weighted by Crippen LogP contribution is 2.27. The average Bonchev–Trinajstić information content (AvgIpc) is 2.95. The summed E-state index contributed by atoms with van der Waals surface area (Å²) in [5.41, 5.74) is 3.99. The second kappa shape index (κ2) is 5.90. The van der Waals surface area contributed by atoms with Crippen molar-refractivity contribution < 1.29 is 9.53 Å². The van der Waals surface area contributed by atoms with E-state index < -0.39 is 0 Å². The molecule has 3 heteroatoms. The minimum absolute atomic E-state index is 0.0976. The molecule has 0 aromatic heterocycles. The number of Topliss-reactive ketones (excluding diaryl/α,β-unsaturated/α-hetero) is 1. The fraction of sp³-hybridized carbons (Fsp3) is 0.278. The van der Waals surface area contributed by atoms with Crippen LogP contribution in [0.4, 0.5) is 0 Å². The zero-order valence-electron chi connectivity index (χ0n) is 12.0. The van der Waals surface area contributed by atoms with Crippen LogP contribution in [0.5, 0.6) is 5.75 Å². The molecule has 0 fully saturated rings. The van der Waals surface area contributed by atoms with Gasteiger partial charge in [0.25, 0.3) is 0 Å². The molecule has 3 rings (SSSR count). The normalized spacial score (nSPS) is 12.9. The van der Waals surface area contributed by atoms with Gasteiger partial charge in [-0.25, -0.2) is 0 Å². The monoisotopic (exact) mass is 300 g/mol. The number of aryl methyl sites for hydroxylation is 2. The molecular formula is C18H17ClO2. The zero-order valence-corrected chi connectivity index (χ0v) is 12.7. The Kier molecular flexibility index (Phi) is 3.98. The van der Waals surface area contributed by atoms with Crippen LogP contribution in [0.15, 0.2) is 36.4 Å². The lowest BCUT2D eigenvalue weighted by molar-refractivity contribution is 0.0983. The van der Waals surface area contributed by atoms with Gasteiger partial charge in [-0.05, 0) is 42.2 Å². The van der Waals surface area contributed by atoms with Crippen molar-refractivity contribution in [1.29, 1.82) is 0 Å². The Bertz CT molecular complexity index is 692. The number of carbonyl (C=O) groups is 1. The van der Waals surface area contributed by atoms with Crippen LogP contribution in [0.2, 0.25) is 5.02 Å². The lowest BCUT2D eigenvalue weighted by Crippen LogP contribution is -2.03. The van der Waals surface area contributed by atoms with E-state index in [4.69, 9.17) is 16.3 Å². The van der Waals surface area contributed by atoms with Crippen LogP contribution in [0.1, 0.15) is 33.5 Å². The molecular weight excluding hydrogens is 284 g/mol. The molecule has 0 N–H and O–H groups in total. The lowest BCUT2D eigenvalue weighted by atomic mass is 10.00. The van der Waals surface area contributed by atoms with Crippen LogP contribution in [0, 0.1) is 6.92 Å². The number of hydrogen-bond donors (Lipinski definition) is 0. The molecule has 2 nitrogen and oxygen atoms in total. The Morgan fingerprint density at radius 1 is 1.29 bits per heavy atom. The van der Waals surface area contributed by atoms with Crippen molar-refractivity contribution in [1.82, 2.24) is 0 Å². The number of rotatable bonds is 4. The maximum absolute atomic E-state index is 12.3. The van der Waals surface area contributed by atoms with Gasteiger partial charge in [-0.3, -0.25) is 4.79 Å². The summed E-state index contributed by atoms with van der Waals surface area (Å²) in [4.78, 5) is 12.3. The molecule has 0 aliphatic carbocycles. The molecule has 1 heterocycles. The van der Waals surface area contributed by atoms with Gasteiger partial charge in [0, 0.05) is 18.4 Å². The smallest absolute Gasteiger partial charge is 0.164 e. The first kappa shape index (κ1) is 14.2. The first-order chi connectivity index (χ1) is 10.1. The minimum Gasteiger partial charge on any atom is -0.493 e. The van der Waals surface area contributed by atoms with Gasteiger partial charge >= 0.3 is 0 Å². The second-order valence-corrected chi connectivity index (χ2v) is 5.78. The summed E-state index contributed by atoms with van der Waals surface area (Å²) in [6.45, 7) is 2.68. The first-order valence-electron chi connectivity index (χ1n) is 7.18. The topological polar surface area (TPSA) is 26.3 Å². The summed E-state index contributed by atoms with van der Waals surface area (Å²) < 4.78 is 5.49. The van der Waals surface area contributed by atoms with E-state index in [1.54, 1.807) is 6.07 Å². The fourth-order valence-corrected chi connectivity index (χ4v) is 2.88. The van der Waals surface area contributed by atoms with Crippen LogP contribution in [-0.4, -0.2) is 12.4 Å². The molecule has 1 aliphatic heterocycles. The fourth-order valence-electron chi connectivity index (χ4n) is 2.65. The third kappa shape index (κ3) is 2.96. The predicted octanol–water partition coefficient (Wildman–Crippen LogP) is 4.40. The van der Waals surface area contributed by atoms with Gasteiger partial charge in [-0.2, -0.15) is 0 Å². The van der Waals surface area contributed by atoms with Crippen LogP contribution >= 0.6 is 11.6 Å². The van der Waals surface area contributed by atoms with Crippen molar-refractivity contribution in [3.8, 4) is 5.75 Å². The summed E-state index contributed by atoms with van der Waals surface area (Å²) in [7, 11) is 0. The van der Waals surface area contributed by atoms with E-state index >= 15 is 0 Å². The molecule has 0 saturated heterocycles. The summed E-state index contributed by atoms with van der Waals surface area (Å²) in [6.07, 6.45) is 2.17. The Morgan fingerprint density at radius 3 is 3.00 bits per heavy atom. The van der Waals surface area contributed by atoms with Gasteiger partial charge < -0.3 is 4.74 Å². The van der Waals surface area contributed by atoms with Crippen molar-refractivity contribution in [3.63, 3.8) is 0 Å². The molecule has 2 aromatic rings. The SMILES string of the molecule is Cc1cccc(C(=O)CCc2ccc3c(c2)CCO3)c1Cl. The summed E-state index contributed by atoms with van der Waals surface area (Å²) in [5.74, 6) is 1.08. The maximum atomic E-state index is 12.3. The third-order valence-corrected chi connectivity index (χ3v) is 4.39. The largest absolute Gasteiger partial charge is 0.493 e. The van der Waals surface area contributed by atoms with E-state index in [1.807, 2.05) is 31.2 Å². The summed E-state index contributed by atoms with van der Waals surface area (Å²) in [5, 5.41) is 0.574. The van der Waals surface area contributed by atoms with E-state index in [1.165, 1.54) is 11.1 Å². The molecule has 0 bridgehead atoms. The van der Waals surface area contributed by atoms with Crippen molar-refractivity contribution >= 4 is 17.4 Å². The lowest BCUT2D eigenvalue weighted by Gasteiger charge is -2.07. The minimum atomic E-state index is 0.0976. The number of carbonyl (C=O) groups excluding carboxylic acids is 1. The zero-order chi connectivity index (χ0) is 14.8. The highest BCUT2D eigenvalue weighted by Gasteiger charge is 2.14. The van der Waals surface area contributed by atoms with E-state index in [9.17, 15) is 4.79 Å². The molecule has 2 aromatic carbocycles. The quantitative estimate of drug-likeness (QED) is 0.782. The van der Waals surface area contributed by atoms with Gasteiger partial charge in [0.1, 0.15) is 5.75 Å². The van der Waals surface area contributed by atoms with Crippen molar-refractivity contribution in [2.45, 2.75) is 26.2 Å². The van der Waals surface area contributed by atoms with Gasteiger partial charge in [0.05, 0.1) is 11.6 Å². The Labute approximate surface area is 129 Å². The Hall–Kier alpha value is -1.80. The molecule has 0 radical (unpaired) electrons. The van der Waals surface area contributed by atoms with Crippen LogP contribution < -0.4 is 4.74 Å². The van der Waals surface area contributed by atoms with Gasteiger partial charge in [0.15, 0.2) is 5.78 Å². The second-order valence-electron chi connectivity index (χ2n) is 5.40. The number of fused-ring (bicyclic) bond motifs is 1. The van der Waals surface area contributed by atoms with E-state index in [0.29, 0.717) is 17.0 Å². The molecule has 0 atom stereocenters. The third-order valence-electron chi connectivity index (χ3n) is 3.89. The summed E-state index contributed by atoms with van der Waals surface area (Å²) in [6, 6.07) is 11.8. The highest BCUT2D eigenvalue weighted by molar-refractivity contribution is 6.34. The summed E-state index contributed by atoms with van der Waals surface area (Å²) >= 11 is 6.21. The van der Waals surface area contributed by atoms with E-state index in [-0.39, 0.29) is 5.78 Å². The van der Waals surface area contributed by atoms with E-state index in [0.717, 1.165) is 30.8 Å². The van der Waals surface area contributed by atoms with Gasteiger partial charge in [0.2, 0.25) is 0 Å². The average molecular weight is 301 g/mol. The maximum Gasteiger partial charge on any atom is 0.164 e. The molecule has 0 unspecified atom stereocenters. The number of ether oxygens (including phenoxy) is 1. The van der Waals surface area contributed by atoms with Crippen LogP contribution in [0.3, 0.4) is 0 Å². The highest BCUT2D eigenvalue weighted by atomic mass is 35.5. The van der Waals surface area contributed by atoms with Gasteiger partial charge in [-0.15, -0.1) is 0 Å². The number of benzene rings is 2. The Morgan fingerprint density at radius 2 is 2.14 bits per heavy atom. The predicted molar refractivity (Wildman–Crippen MR) is 84.5 cm³/mol. The number of halogens is 1. The molecule has 108 valence electrons. The molecule has 21 heavy (non-hydrogen) atoms. The standard InChI is InChI=1S/C18H17ClO2/c1-12-3-2-4-15(18(12)19)16(20)7-5-13-6-8-17-14(11-13)9-10-21-17/h2-4,6,8,11H,5,7,9-10H2,1H3. The van der Waals surface area contributed by atoms with Crippen LogP contribution in [-0.2, 0) is 12.8 Å². The number of ketones is 1. The Balaban J connectivity index is 1.70. The molecule has 1 aliphatic rings. The van der Waals surface area contributed by atoms with Crippen molar-refractivity contribution in [3.05, 3.63) is 63.7 Å². The van der Waals surface area contributed by atoms with Gasteiger partial charge in [-0.1, -0.05) is 35.9 Å². The van der Waals surface area contributed by atoms with Crippen molar-refractivity contribution in [2.24, 2.45) is 0 Å². The van der Waals surface area contributed by atoms with Crippen LogP contribution in [0.25, 0.3) is 0 Å². The first-order valence-corrected chi connectivity index (χ1v) is 7.56.